The summed E-state index contributed by atoms with van der Waals surface area (Å²) < 4.78 is 25.0. The van der Waals surface area contributed by atoms with Crippen molar-refractivity contribution in [2.45, 2.75) is 132 Å². The molecule has 13 heteroatoms. The summed E-state index contributed by atoms with van der Waals surface area (Å²) in [5, 5.41) is 4.99. The van der Waals surface area contributed by atoms with E-state index in [1.54, 1.807) is 61.5 Å². The van der Waals surface area contributed by atoms with Gasteiger partial charge in [0.1, 0.15) is 16.8 Å². The number of fused-ring (bicyclic) bond motifs is 1. The molecule has 12 nitrogen and oxygen atoms in total. The summed E-state index contributed by atoms with van der Waals surface area (Å²) in [7, 11) is -0.692. The van der Waals surface area contributed by atoms with E-state index >= 15 is 0 Å². The van der Waals surface area contributed by atoms with E-state index in [1.807, 2.05) is 27.7 Å². The van der Waals surface area contributed by atoms with Crippen LogP contribution in [-0.4, -0.2) is 67.4 Å². The molecule has 4 rings (SSSR count). The minimum atomic E-state index is -0.915. The lowest BCUT2D eigenvalue weighted by atomic mass is 9.73. The Morgan fingerprint density at radius 2 is 1.46 bits per heavy atom. The average Bonchev–Trinajstić information content (AvgIpc) is 3.45. The number of anilines is 1. The molecule has 0 spiro atoms. The van der Waals surface area contributed by atoms with Crippen molar-refractivity contribution in [1.29, 1.82) is 0 Å². The van der Waals surface area contributed by atoms with E-state index in [1.165, 1.54) is 6.20 Å². The second-order valence-corrected chi connectivity index (χ2v) is 15.9. The Bertz CT molecular complexity index is 1680. The number of rotatable bonds is 3. The Hall–Kier alpha value is -3.71. The number of ether oxygens (including phenoxy) is 2. The fourth-order valence-electron chi connectivity index (χ4n) is 5.13. The summed E-state index contributed by atoms with van der Waals surface area (Å²) in [6.45, 7) is 27.8. The number of amides is 2. The van der Waals surface area contributed by atoms with Gasteiger partial charge in [-0.1, -0.05) is 20.8 Å². The van der Waals surface area contributed by atoms with Gasteiger partial charge in [-0.15, -0.1) is 0 Å². The summed E-state index contributed by atoms with van der Waals surface area (Å²) in [6, 6.07) is 1.73. The van der Waals surface area contributed by atoms with Crippen LogP contribution >= 0.6 is 0 Å². The van der Waals surface area contributed by atoms with E-state index in [2.05, 4.69) is 35.8 Å². The van der Waals surface area contributed by atoms with E-state index in [4.69, 9.17) is 18.8 Å². The normalized spacial score (nSPS) is 16.5. The number of carbonyl (C=O) groups excluding carboxylic acids is 3. The van der Waals surface area contributed by atoms with Crippen molar-refractivity contribution in [3.05, 3.63) is 34.8 Å². The number of aromatic amines is 1. The second kappa shape index (κ2) is 11.2. The number of nitrogens with one attached hydrogen (secondary N) is 1. The van der Waals surface area contributed by atoms with Gasteiger partial charge in [-0.25, -0.2) is 19.5 Å². The van der Waals surface area contributed by atoms with Crippen molar-refractivity contribution in [3.8, 4) is 0 Å². The van der Waals surface area contributed by atoms with Gasteiger partial charge >= 0.3 is 19.3 Å². The molecule has 1 aliphatic rings. The summed E-state index contributed by atoms with van der Waals surface area (Å²) >= 11 is 0. The van der Waals surface area contributed by atoms with Crippen LogP contribution in [0, 0.1) is 13.8 Å². The van der Waals surface area contributed by atoms with Crippen LogP contribution in [0.5, 0.6) is 0 Å². The van der Waals surface area contributed by atoms with Crippen molar-refractivity contribution in [1.82, 2.24) is 19.7 Å². The fraction of sp³-hybridized carbons (Fsp3) is 0.606. The first-order valence-corrected chi connectivity index (χ1v) is 15.5. The molecule has 3 aromatic rings. The zero-order valence-electron chi connectivity index (χ0n) is 29.9. The van der Waals surface area contributed by atoms with Gasteiger partial charge in [0.05, 0.1) is 34.4 Å². The van der Waals surface area contributed by atoms with Crippen molar-refractivity contribution in [3.63, 3.8) is 0 Å². The first kappa shape index (κ1) is 35.2. The fourth-order valence-corrected chi connectivity index (χ4v) is 5.13. The van der Waals surface area contributed by atoms with Crippen molar-refractivity contribution < 1.29 is 33.2 Å². The molecule has 3 aromatic heterocycles. The highest BCUT2D eigenvalue weighted by Crippen LogP contribution is 2.39. The third-order valence-electron chi connectivity index (χ3n) is 8.13. The largest absolute Gasteiger partial charge is 0.512 e. The van der Waals surface area contributed by atoms with Crippen LogP contribution in [-0.2, 0) is 24.2 Å². The van der Waals surface area contributed by atoms with Gasteiger partial charge in [-0.2, -0.15) is 9.78 Å². The van der Waals surface area contributed by atoms with Gasteiger partial charge < -0.3 is 23.8 Å². The smallest absolute Gasteiger partial charge is 0.443 e. The molecule has 0 saturated carbocycles. The van der Waals surface area contributed by atoms with Crippen LogP contribution in [0.15, 0.2) is 12.3 Å². The predicted molar refractivity (Wildman–Crippen MR) is 177 cm³/mol. The Balaban J connectivity index is 1.88. The summed E-state index contributed by atoms with van der Waals surface area (Å²) in [5.41, 5.74) is -0.242. The van der Waals surface area contributed by atoms with E-state index in [0.717, 1.165) is 15.1 Å². The third-order valence-corrected chi connectivity index (χ3v) is 8.13. The molecule has 4 heterocycles. The summed E-state index contributed by atoms with van der Waals surface area (Å²) in [5.74, 6) is -0.780. The molecule has 0 atom stereocenters. The van der Waals surface area contributed by atoms with Gasteiger partial charge in [0, 0.05) is 10.9 Å². The molecule has 0 unspecified atom stereocenters. The lowest BCUT2D eigenvalue weighted by molar-refractivity contribution is 0.00578. The minimum absolute atomic E-state index is 0.0997. The standard InChI is InChI=1S/C33H48BN5O7/c1-18-19(2)39(28(42)44-31(9,10)11)37-23(18)26(40)38(27(41)43-30(6,7)8)20-16-21-22(29(3,4)5)24(36-25(21)35-17-20)34-45-32(12,13)33(14,15)46-34/h16-17H,1-15H3,(H,35,36). The number of H-pyrrole nitrogens is 1. The van der Waals surface area contributed by atoms with Gasteiger partial charge in [0.25, 0.3) is 5.91 Å². The SMILES string of the molecule is Cc1c(C(=O)N(C(=O)OC(C)(C)C)c2cnc3[nH]c(B4OC(C)(C)C(C)(C)O4)c(C(C)(C)C)c3c2)nn(C(=O)OC(C)(C)C)c1C. The second-order valence-electron chi connectivity index (χ2n) is 15.9. The molecule has 250 valence electrons. The summed E-state index contributed by atoms with van der Waals surface area (Å²) in [6.07, 6.45) is -0.230. The van der Waals surface area contributed by atoms with Crippen LogP contribution in [0.2, 0.25) is 0 Å². The maximum Gasteiger partial charge on any atom is 0.512 e. The predicted octanol–water partition coefficient (Wildman–Crippen LogP) is 6.34. The molecule has 2 amide bonds. The number of aromatic nitrogens is 4. The quantitative estimate of drug-likeness (QED) is 0.326. The number of hydrogen-bond donors (Lipinski definition) is 1. The van der Waals surface area contributed by atoms with E-state index in [9.17, 15) is 14.4 Å². The molecule has 0 radical (unpaired) electrons. The first-order valence-electron chi connectivity index (χ1n) is 15.5. The van der Waals surface area contributed by atoms with Gasteiger partial charge in [0.15, 0.2) is 5.69 Å². The van der Waals surface area contributed by atoms with Crippen LogP contribution in [0.4, 0.5) is 15.3 Å². The maximum absolute atomic E-state index is 14.3. The van der Waals surface area contributed by atoms with E-state index in [-0.39, 0.29) is 11.4 Å². The average molecular weight is 638 g/mol. The number of carbonyl (C=O) groups is 3. The monoisotopic (exact) mass is 637 g/mol. The first-order chi connectivity index (χ1) is 20.7. The number of imide groups is 1. The third kappa shape index (κ3) is 6.71. The van der Waals surface area contributed by atoms with Crippen LogP contribution < -0.4 is 10.5 Å². The molecule has 46 heavy (non-hydrogen) atoms. The van der Waals surface area contributed by atoms with Crippen molar-refractivity contribution >= 4 is 47.5 Å². The van der Waals surface area contributed by atoms with Crippen LogP contribution in [0.25, 0.3) is 11.0 Å². The zero-order chi connectivity index (χ0) is 34.9. The van der Waals surface area contributed by atoms with Crippen LogP contribution in [0.1, 0.15) is 117 Å². The zero-order valence-corrected chi connectivity index (χ0v) is 29.9. The number of nitrogens with zero attached hydrogens (tertiary/aromatic N) is 4. The Morgan fingerprint density at radius 1 is 0.913 bits per heavy atom. The van der Waals surface area contributed by atoms with Crippen molar-refractivity contribution in [2.24, 2.45) is 0 Å². The highest BCUT2D eigenvalue weighted by atomic mass is 16.7. The highest BCUT2D eigenvalue weighted by Gasteiger charge is 2.53. The summed E-state index contributed by atoms with van der Waals surface area (Å²) in [4.78, 5) is 49.9. The van der Waals surface area contributed by atoms with Gasteiger partial charge in [0.2, 0.25) is 0 Å². The molecule has 1 fully saturated rings. The molecule has 0 aliphatic carbocycles. The molecule has 1 aliphatic heterocycles. The van der Waals surface area contributed by atoms with Crippen molar-refractivity contribution in [2.75, 3.05) is 4.90 Å². The topological polar surface area (TPSA) is 138 Å². The molecule has 0 aromatic carbocycles. The lowest BCUT2D eigenvalue weighted by Crippen LogP contribution is -2.41. The Morgan fingerprint density at radius 3 is 1.96 bits per heavy atom. The molecule has 1 saturated heterocycles. The Labute approximate surface area is 271 Å². The van der Waals surface area contributed by atoms with Gasteiger partial charge in [-0.3, -0.25) is 4.79 Å². The Kier molecular flexibility index (Phi) is 8.58. The molecule has 1 N–H and O–H groups in total. The van der Waals surface area contributed by atoms with Gasteiger partial charge in [-0.05, 0) is 100 Å². The molecule has 0 bridgehead atoms. The van der Waals surface area contributed by atoms with Crippen LogP contribution in [0.3, 0.4) is 0 Å². The van der Waals surface area contributed by atoms with E-state index in [0.29, 0.717) is 27.9 Å². The minimum Gasteiger partial charge on any atom is -0.443 e. The maximum atomic E-state index is 14.3. The lowest BCUT2D eigenvalue weighted by Gasteiger charge is -2.32. The highest BCUT2D eigenvalue weighted by molar-refractivity contribution is 6.62. The van der Waals surface area contributed by atoms with E-state index < -0.39 is 53.0 Å². The molecular formula is C33H48BN5O7. The number of pyridine rings is 1. The molecular weight excluding hydrogens is 589 g/mol. The number of hydrogen-bond acceptors (Lipinski definition) is 9.